The molecule has 1 atom stereocenters. The number of H-pyrrole nitrogens is 1. The van der Waals surface area contributed by atoms with E-state index in [0.29, 0.717) is 6.04 Å². The summed E-state index contributed by atoms with van der Waals surface area (Å²) in [5, 5.41) is 4.94. The van der Waals surface area contributed by atoms with Crippen LogP contribution in [0.15, 0.2) is 12.1 Å². The quantitative estimate of drug-likeness (QED) is 0.693. The molecule has 0 amide bonds. The number of nitrogens with one attached hydrogen (secondary N) is 2. The molecule has 0 saturated heterocycles. The summed E-state index contributed by atoms with van der Waals surface area (Å²) in [5.74, 6) is 0. The highest BCUT2D eigenvalue weighted by atomic mass is 14.9. The van der Waals surface area contributed by atoms with E-state index in [1.807, 2.05) is 0 Å². The first-order valence-corrected chi connectivity index (χ1v) is 5.99. The van der Waals surface area contributed by atoms with E-state index in [1.165, 1.54) is 33.3 Å². The lowest BCUT2D eigenvalue weighted by molar-refractivity contribution is 0.511. The second kappa shape index (κ2) is 3.36. The lowest BCUT2D eigenvalue weighted by Crippen LogP contribution is -2.32. The minimum absolute atomic E-state index is 0.585. The molecule has 0 aliphatic carbocycles. The molecule has 0 saturated carbocycles. The molecular formula is C14H18N2. The standard InChI is InChI=1S/C14H18N2/c1-8-4-9(2)14-11(5-8)12-7-15-10(3)6-13(12)16-14/h4-5,10,15-16H,6-7H2,1-3H3. The normalized spacial score (nSPS) is 20.1. The van der Waals surface area contributed by atoms with Gasteiger partial charge in [0.2, 0.25) is 0 Å². The Balaban J connectivity index is 2.29. The first-order valence-electron chi connectivity index (χ1n) is 5.99. The zero-order valence-electron chi connectivity index (χ0n) is 10.1. The van der Waals surface area contributed by atoms with Gasteiger partial charge in [0.05, 0.1) is 0 Å². The molecule has 3 rings (SSSR count). The number of hydrogen-bond donors (Lipinski definition) is 2. The smallest absolute Gasteiger partial charge is 0.0489 e. The van der Waals surface area contributed by atoms with Gasteiger partial charge in [-0.2, -0.15) is 0 Å². The van der Waals surface area contributed by atoms with Crippen molar-refractivity contribution in [2.75, 3.05) is 0 Å². The van der Waals surface area contributed by atoms with E-state index in [4.69, 9.17) is 0 Å². The molecule has 84 valence electrons. The fraction of sp³-hybridized carbons (Fsp3) is 0.429. The molecule has 2 aromatic rings. The van der Waals surface area contributed by atoms with Gasteiger partial charge < -0.3 is 10.3 Å². The largest absolute Gasteiger partial charge is 0.358 e. The molecular weight excluding hydrogens is 196 g/mol. The van der Waals surface area contributed by atoms with Crippen molar-refractivity contribution in [1.29, 1.82) is 0 Å². The lowest BCUT2D eigenvalue weighted by atomic mass is 10.00. The summed E-state index contributed by atoms with van der Waals surface area (Å²) in [4.78, 5) is 3.60. The monoisotopic (exact) mass is 214 g/mol. The van der Waals surface area contributed by atoms with Crippen molar-refractivity contribution in [3.8, 4) is 0 Å². The zero-order valence-corrected chi connectivity index (χ0v) is 10.1. The maximum Gasteiger partial charge on any atom is 0.0489 e. The van der Waals surface area contributed by atoms with Gasteiger partial charge in [0.25, 0.3) is 0 Å². The third kappa shape index (κ3) is 1.37. The van der Waals surface area contributed by atoms with Gasteiger partial charge in [-0.05, 0) is 38.0 Å². The Morgan fingerprint density at radius 3 is 2.88 bits per heavy atom. The molecule has 1 aliphatic heterocycles. The Morgan fingerprint density at radius 2 is 2.06 bits per heavy atom. The van der Waals surface area contributed by atoms with Gasteiger partial charge in [0, 0.05) is 35.6 Å². The molecule has 0 spiro atoms. The zero-order chi connectivity index (χ0) is 11.3. The Kier molecular flexibility index (Phi) is 2.08. The first-order chi connectivity index (χ1) is 7.65. The van der Waals surface area contributed by atoms with Crippen molar-refractivity contribution in [2.45, 2.75) is 39.8 Å². The third-order valence-corrected chi connectivity index (χ3v) is 3.58. The van der Waals surface area contributed by atoms with Crippen LogP contribution in [-0.2, 0) is 13.0 Å². The van der Waals surface area contributed by atoms with Crippen LogP contribution in [0.5, 0.6) is 0 Å². The van der Waals surface area contributed by atoms with Crippen molar-refractivity contribution in [2.24, 2.45) is 0 Å². The van der Waals surface area contributed by atoms with Gasteiger partial charge in [-0.1, -0.05) is 11.6 Å². The number of fused-ring (bicyclic) bond motifs is 3. The van der Waals surface area contributed by atoms with Crippen molar-refractivity contribution < 1.29 is 0 Å². The van der Waals surface area contributed by atoms with E-state index < -0.39 is 0 Å². The second-order valence-electron chi connectivity index (χ2n) is 5.07. The predicted molar refractivity (Wildman–Crippen MR) is 67.8 cm³/mol. The summed E-state index contributed by atoms with van der Waals surface area (Å²) in [6.45, 7) is 7.60. The molecule has 1 unspecified atom stereocenters. The second-order valence-corrected chi connectivity index (χ2v) is 5.07. The molecule has 16 heavy (non-hydrogen) atoms. The average molecular weight is 214 g/mol. The minimum atomic E-state index is 0.585. The minimum Gasteiger partial charge on any atom is -0.358 e. The van der Waals surface area contributed by atoms with E-state index in [9.17, 15) is 0 Å². The number of benzene rings is 1. The van der Waals surface area contributed by atoms with Gasteiger partial charge in [-0.15, -0.1) is 0 Å². The molecule has 2 heterocycles. The van der Waals surface area contributed by atoms with Crippen LogP contribution in [0, 0.1) is 13.8 Å². The van der Waals surface area contributed by atoms with Crippen molar-refractivity contribution in [1.82, 2.24) is 10.3 Å². The van der Waals surface area contributed by atoms with Gasteiger partial charge in [0.15, 0.2) is 0 Å². The van der Waals surface area contributed by atoms with Crippen LogP contribution in [0.3, 0.4) is 0 Å². The third-order valence-electron chi connectivity index (χ3n) is 3.58. The molecule has 0 fully saturated rings. The van der Waals surface area contributed by atoms with Crippen molar-refractivity contribution >= 4 is 10.9 Å². The predicted octanol–water partition coefficient (Wildman–Crippen LogP) is 2.82. The number of aromatic nitrogens is 1. The van der Waals surface area contributed by atoms with E-state index in [1.54, 1.807) is 0 Å². The van der Waals surface area contributed by atoms with Crippen LogP contribution >= 0.6 is 0 Å². The Bertz CT molecular complexity index is 551. The van der Waals surface area contributed by atoms with E-state index in [2.05, 4.69) is 43.2 Å². The van der Waals surface area contributed by atoms with Crippen molar-refractivity contribution in [3.05, 3.63) is 34.5 Å². The highest BCUT2D eigenvalue weighted by Gasteiger charge is 2.19. The van der Waals surface area contributed by atoms with Gasteiger partial charge in [-0.3, -0.25) is 0 Å². The van der Waals surface area contributed by atoms with Crippen molar-refractivity contribution in [3.63, 3.8) is 0 Å². The van der Waals surface area contributed by atoms with E-state index in [0.717, 1.165) is 13.0 Å². The lowest BCUT2D eigenvalue weighted by Gasteiger charge is -2.20. The van der Waals surface area contributed by atoms with Gasteiger partial charge in [-0.25, -0.2) is 0 Å². The number of aryl methyl sites for hydroxylation is 2. The van der Waals surface area contributed by atoms with Crippen LogP contribution in [0.4, 0.5) is 0 Å². The summed E-state index contributed by atoms with van der Waals surface area (Å²) in [6.07, 6.45) is 1.11. The summed E-state index contributed by atoms with van der Waals surface area (Å²) < 4.78 is 0. The summed E-state index contributed by atoms with van der Waals surface area (Å²) >= 11 is 0. The average Bonchev–Trinajstić information content (AvgIpc) is 2.56. The fourth-order valence-corrected chi connectivity index (χ4v) is 2.79. The Labute approximate surface area is 96.1 Å². The Hall–Kier alpha value is -1.28. The van der Waals surface area contributed by atoms with Crippen LogP contribution < -0.4 is 5.32 Å². The van der Waals surface area contributed by atoms with Crippen LogP contribution in [-0.4, -0.2) is 11.0 Å². The Morgan fingerprint density at radius 1 is 1.25 bits per heavy atom. The molecule has 2 heteroatoms. The molecule has 1 aliphatic rings. The topological polar surface area (TPSA) is 27.8 Å². The molecule has 1 aromatic heterocycles. The summed E-state index contributed by atoms with van der Waals surface area (Å²) in [7, 11) is 0. The maximum absolute atomic E-state index is 3.60. The molecule has 0 bridgehead atoms. The van der Waals surface area contributed by atoms with Gasteiger partial charge >= 0.3 is 0 Å². The van der Waals surface area contributed by atoms with E-state index >= 15 is 0 Å². The number of rotatable bonds is 0. The molecule has 2 nitrogen and oxygen atoms in total. The van der Waals surface area contributed by atoms with E-state index in [-0.39, 0.29) is 0 Å². The maximum atomic E-state index is 3.60. The first kappa shape index (κ1) is 9.91. The van der Waals surface area contributed by atoms with Crippen LogP contribution in [0.1, 0.15) is 29.3 Å². The fourth-order valence-electron chi connectivity index (χ4n) is 2.79. The molecule has 1 aromatic carbocycles. The van der Waals surface area contributed by atoms with Gasteiger partial charge in [0.1, 0.15) is 0 Å². The number of hydrogen-bond acceptors (Lipinski definition) is 1. The molecule has 0 radical (unpaired) electrons. The molecule has 2 N–H and O–H groups in total. The number of aromatic amines is 1. The van der Waals surface area contributed by atoms with Crippen LogP contribution in [0.25, 0.3) is 10.9 Å². The SMILES string of the molecule is Cc1cc(C)c2[nH]c3c(c2c1)CNC(C)C3. The summed E-state index contributed by atoms with van der Waals surface area (Å²) in [5.41, 5.74) is 6.93. The van der Waals surface area contributed by atoms with Crippen LogP contribution in [0.2, 0.25) is 0 Å². The summed E-state index contributed by atoms with van der Waals surface area (Å²) in [6, 6.07) is 5.14. The highest BCUT2D eigenvalue weighted by molar-refractivity contribution is 5.88. The highest BCUT2D eigenvalue weighted by Crippen LogP contribution is 2.29.